The maximum atomic E-state index is 13.1. The SMILES string of the molecule is C=C(C)[C@H]1CC[C@]2(C#Cc3cccc(C(=O)O)c3)CC[C@]3(C)C(CCC4[C@@]5(C)CC[C@H](OC(=O)CC(C)(C)C(=O)O)C(C)(C)C5CC[C@]43C)C12. The highest BCUT2D eigenvalue weighted by Gasteiger charge is 2.71. The first-order valence-electron chi connectivity index (χ1n) is 19.2. The second-order valence-electron chi connectivity index (χ2n) is 19.2. The van der Waals surface area contributed by atoms with Crippen LogP contribution < -0.4 is 0 Å². The van der Waals surface area contributed by atoms with Crippen LogP contribution in [0.15, 0.2) is 36.4 Å². The zero-order chi connectivity index (χ0) is 36.7. The van der Waals surface area contributed by atoms with Gasteiger partial charge in [-0.1, -0.05) is 64.7 Å². The lowest BCUT2D eigenvalue weighted by Crippen LogP contribution is -2.66. The number of hydrogen-bond donors (Lipinski definition) is 2. The summed E-state index contributed by atoms with van der Waals surface area (Å²) in [6.45, 7) is 22.3. The molecule has 6 nitrogen and oxygen atoms in total. The van der Waals surface area contributed by atoms with Gasteiger partial charge in [-0.25, -0.2) is 4.79 Å². The number of esters is 1. The summed E-state index contributed by atoms with van der Waals surface area (Å²) in [7, 11) is 0. The van der Waals surface area contributed by atoms with E-state index in [1.165, 1.54) is 18.4 Å². The fourth-order valence-electron chi connectivity index (χ4n) is 13.1. The Bertz CT molecular complexity index is 1640. The Morgan fingerprint density at radius 3 is 2.28 bits per heavy atom. The van der Waals surface area contributed by atoms with E-state index in [0.717, 1.165) is 56.9 Å². The van der Waals surface area contributed by atoms with E-state index in [2.05, 4.69) is 60.0 Å². The minimum Gasteiger partial charge on any atom is -0.481 e. The Labute approximate surface area is 300 Å². The van der Waals surface area contributed by atoms with Crippen LogP contribution in [0.1, 0.15) is 142 Å². The molecule has 0 heterocycles. The summed E-state index contributed by atoms with van der Waals surface area (Å²) in [6.07, 6.45) is 10.6. The Kier molecular flexibility index (Phi) is 9.01. The Balaban J connectivity index is 1.28. The summed E-state index contributed by atoms with van der Waals surface area (Å²) in [5.74, 6) is 7.44. The number of ether oxygens (including phenoxy) is 1. The third-order valence-corrected chi connectivity index (χ3v) is 16.0. The van der Waals surface area contributed by atoms with Gasteiger partial charge in [-0.05, 0) is 149 Å². The van der Waals surface area contributed by atoms with Gasteiger partial charge in [0, 0.05) is 16.4 Å². The molecule has 2 N–H and O–H groups in total. The number of fused-ring (bicyclic) bond motifs is 7. The van der Waals surface area contributed by atoms with Crippen molar-refractivity contribution in [3.8, 4) is 11.8 Å². The lowest BCUT2D eigenvalue weighted by molar-refractivity contribution is -0.247. The van der Waals surface area contributed by atoms with Crippen LogP contribution in [-0.2, 0) is 14.3 Å². The molecule has 5 aliphatic carbocycles. The lowest BCUT2D eigenvalue weighted by atomic mass is 9.32. The van der Waals surface area contributed by atoms with Crippen molar-refractivity contribution in [2.24, 2.45) is 62.1 Å². The van der Waals surface area contributed by atoms with Gasteiger partial charge in [-0.2, -0.15) is 0 Å². The lowest BCUT2D eigenvalue weighted by Gasteiger charge is -2.72. The molecule has 272 valence electrons. The summed E-state index contributed by atoms with van der Waals surface area (Å²) in [5.41, 5.74) is 1.35. The third-order valence-electron chi connectivity index (χ3n) is 16.0. The molecule has 4 unspecified atom stereocenters. The molecule has 5 saturated carbocycles. The highest BCUT2D eigenvalue weighted by Crippen LogP contribution is 2.77. The molecule has 6 rings (SSSR count). The molecule has 0 saturated heterocycles. The van der Waals surface area contributed by atoms with E-state index in [1.54, 1.807) is 32.0 Å². The quantitative estimate of drug-likeness (QED) is 0.176. The molecule has 0 aliphatic heterocycles. The molecular weight excluding hydrogens is 624 g/mol. The number of carboxylic acid groups (broad SMARTS) is 2. The minimum atomic E-state index is -1.15. The van der Waals surface area contributed by atoms with E-state index in [9.17, 15) is 24.6 Å². The van der Waals surface area contributed by atoms with Crippen LogP contribution in [0, 0.1) is 73.9 Å². The van der Waals surface area contributed by atoms with E-state index >= 15 is 0 Å². The standard InChI is InChI=1S/C44H60O6/c1-27(2)30-16-22-44(21-15-28-11-10-12-29(25-28)37(46)47)24-23-42(8)31(36(30)44)13-14-33-41(7)19-18-34(50-35(45)26-39(3,4)38(48)49)40(5,6)32(41)17-20-43(33,42)9/h10-12,25,30-34,36H,1,13-14,16-20,22-24,26H2,2-9H3,(H,46,47)(H,48,49)/t30-,31?,32?,33?,34+,36?,41+,42-,43-,44-/m1/s1. The maximum Gasteiger partial charge on any atom is 0.335 e. The average Bonchev–Trinajstić information content (AvgIpc) is 3.42. The maximum absolute atomic E-state index is 13.1. The van der Waals surface area contributed by atoms with Crippen LogP contribution in [0.4, 0.5) is 0 Å². The van der Waals surface area contributed by atoms with Crippen molar-refractivity contribution in [3.63, 3.8) is 0 Å². The molecule has 0 aromatic heterocycles. The van der Waals surface area contributed by atoms with Crippen molar-refractivity contribution < 1.29 is 29.3 Å². The molecule has 5 aliphatic rings. The summed E-state index contributed by atoms with van der Waals surface area (Å²) < 4.78 is 6.17. The second-order valence-corrected chi connectivity index (χ2v) is 19.2. The van der Waals surface area contributed by atoms with Gasteiger partial charge in [0.15, 0.2) is 0 Å². The predicted octanol–water partition coefficient (Wildman–Crippen LogP) is 9.81. The van der Waals surface area contributed by atoms with E-state index in [-0.39, 0.29) is 45.2 Å². The average molecular weight is 685 g/mol. The fraction of sp³-hybridized carbons (Fsp3) is 0.705. The van der Waals surface area contributed by atoms with E-state index < -0.39 is 23.3 Å². The molecule has 0 radical (unpaired) electrons. The second kappa shape index (κ2) is 12.3. The highest BCUT2D eigenvalue weighted by molar-refractivity contribution is 5.88. The Hall–Kier alpha value is -3.07. The molecule has 1 aromatic carbocycles. The first-order valence-corrected chi connectivity index (χ1v) is 19.2. The molecule has 6 heteroatoms. The van der Waals surface area contributed by atoms with Gasteiger partial charge in [-0.3, -0.25) is 9.59 Å². The van der Waals surface area contributed by atoms with Crippen LogP contribution in [-0.4, -0.2) is 34.2 Å². The van der Waals surface area contributed by atoms with Gasteiger partial charge in [0.25, 0.3) is 0 Å². The monoisotopic (exact) mass is 684 g/mol. The molecule has 10 atom stereocenters. The van der Waals surface area contributed by atoms with E-state index in [0.29, 0.717) is 29.6 Å². The molecule has 50 heavy (non-hydrogen) atoms. The molecule has 1 aromatic rings. The van der Waals surface area contributed by atoms with Gasteiger partial charge in [-0.15, -0.1) is 0 Å². The Morgan fingerprint density at radius 2 is 1.62 bits per heavy atom. The third kappa shape index (κ3) is 5.56. The number of allylic oxidation sites excluding steroid dienone is 1. The molecular formula is C44H60O6. The van der Waals surface area contributed by atoms with Crippen molar-refractivity contribution in [3.05, 3.63) is 47.5 Å². The van der Waals surface area contributed by atoms with Crippen molar-refractivity contribution in [1.82, 2.24) is 0 Å². The van der Waals surface area contributed by atoms with Crippen LogP contribution in [0.25, 0.3) is 0 Å². The van der Waals surface area contributed by atoms with Crippen molar-refractivity contribution >= 4 is 17.9 Å². The van der Waals surface area contributed by atoms with Gasteiger partial charge in [0.2, 0.25) is 0 Å². The number of carbonyl (C=O) groups excluding carboxylic acids is 1. The van der Waals surface area contributed by atoms with Crippen LogP contribution >= 0.6 is 0 Å². The number of hydrogen-bond acceptors (Lipinski definition) is 4. The number of carbonyl (C=O) groups is 3. The van der Waals surface area contributed by atoms with Gasteiger partial charge in [0.05, 0.1) is 17.4 Å². The van der Waals surface area contributed by atoms with Crippen LogP contribution in [0.5, 0.6) is 0 Å². The summed E-state index contributed by atoms with van der Waals surface area (Å²) in [6, 6.07) is 7.07. The minimum absolute atomic E-state index is 0.0869. The summed E-state index contributed by atoms with van der Waals surface area (Å²) in [4.78, 5) is 36.5. The van der Waals surface area contributed by atoms with Gasteiger partial charge in [0.1, 0.15) is 6.10 Å². The summed E-state index contributed by atoms with van der Waals surface area (Å²) in [5, 5.41) is 19.2. The zero-order valence-corrected chi connectivity index (χ0v) is 31.8. The largest absolute Gasteiger partial charge is 0.481 e. The fourth-order valence-corrected chi connectivity index (χ4v) is 13.1. The smallest absolute Gasteiger partial charge is 0.335 e. The normalized spacial score (nSPS) is 40.1. The van der Waals surface area contributed by atoms with Crippen molar-refractivity contribution in [1.29, 1.82) is 0 Å². The van der Waals surface area contributed by atoms with E-state index in [4.69, 9.17) is 4.74 Å². The molecule has 0 amide bonds. The van der Waals surface area contributed by atoms with Gasteiger partial charge < -0.3 is 14.9 Å². The van der Waals surface area contributed by atoms with Crippen molar-refractivity contribution in [2.45, 2.75) is 132 Å². The molecule has 0 spiro atoms. The first kappa shape index (κ1) is 36.7. The highest BCUT2D eigenvalue weighted by atomic mass is 16.5. The van der Waals surface area contributed by atoms with Gasteiger partial charge >= 0.3 is 17.9 Å². The number of rotatable bonds is 6. The van der Waals surface area contributed by atoms with Crippen LogP contribution in [0.3, 0.4) is 0 Å². The molecule has 5 fully saturated rings. The number of benzene rings is 1. The number of aliphatic carboxylic acids is 1. The summed E-state index contributed by atoms with van der Waals surface area (Å²) >= 11 is 0. The number of aromatic carboxylic acids is 1. The number of carboxylic acids is 2. The van der Waals surface area contributed by atoms with Crippen molar-refractivity contribution in [2.75, 3.05) is 0 Å². The Morgan fingerprint density at radius 1 is 0.900 bits per heavy atom. The zero-order valence-electron chi connectivity index (χ0n) is 31.8. The predicted molar refractivity (Wildman–Crippen MR) is 195 cm³/mol. The first-order chi connectivity index (χ1) is 23.2. The topological polar surface area (TPSA) is 101 Å². The molecule has 0 bridgehead atoms. The van der Waals surface area contributed by atoms with Crippen LogP contribution in [0.2, 0.25) is 0 Å². The van der Waals surface area contributed by atoms with E-state index in [1.807, 2.05) is 6.07 Å².